The Morgan fingerprint density at radius 3 is 2.34 bits per heavy atom. The maximum Gasteiger partial charge on any atom is 0.227 e. The minimum atomic E-state index is -3.16. The van der Waals surface area contributed by atoms with Crippen LogP contribution >= 0.6 is 0 Å². The molecule has 1 N–H and O–H groups in total. The van der Waals surface area contributed by atoms with E-state index in [0.717, 1.165) is 23.9 Å². The van der Waals surface area contributed by atoms with E-state index in [1.807, 2.05) is 12.1 Å². The number of benzene rings is 1. The Morgan fingerprint density at radius 2 is 1.76 bits per heavy atom. The van der Waals surface area contributed by atoms with Crippen LogP contribution < -0.4 is 5.32 Å². The summed E-state index contributed by atoms with van der Waals surface area (Å²) < 4.78 is 24.6. The van der Waals surface area contributed by atoms with Crippen molar-refractivity contribution in [1.29, 1.82) is 0 Å². The fraction of sp³-hybridized carbons (Fsp3) is 0.682. The smallest absolute Gasteiger partial charge is 0.227 e. The molecule has 0 aliphatic carbocycles. The molecule has 3 rings (SSSR count). The molecule has 2 saturated heterocycles. The largest absolute Gasteiger partial charge is 0.326 e. The second-order valence-electron chi connectivity index (χ2n) is 8.95. The number of sulfonamides is 1. The van der Waals surface area contributed by atoms with Gasteiger partial charge in [-0.2, -0.15) is 0 Å². The number of nitrogens with zero attached hydrogens (tertiary/aromatic N) is 2. The fourth-order valence-electron chi connectivity index (χ4n) is 4.63. The van der Waals surface area contributed by atoms with Crippen molar-refractivity contribution in [3.05, 3.63) is 29.8 Å². The first-order valence-electron chi connectivity index (χ1n) is 10.8. The number of carbonyl (C=O) groups excluding carboxylic acids is 1. The van der Waals surface area contributed by atoms with Gasteiger partial charge in [0.15, 0.2) is 0 Å². The van der Waals surface area contributed by atoms with Crippen molar-refractivity contribution in [2.75, 3.05) is 44.8 Å². The Hall–Kier alpha value is -1.44. The maximum atomic E-state index is 12.5. The summed E-state index contributed by atoms with van der Waals surface area (Å²) in [5.74, 6) is 1.41. The molecule has 2 aliphatic rings. The molecule has 0 radical (unpaired) electrons. The van der Waals surface area contributed by atoms with Gasteiger partial charge in [-0.1, -0.05) is 19.1 Å². The van der Waals surface area contributed by atoms with Crippen LogP contribution in [0.15, 0.2) is 24.3 Å². The molecule has 0 saturated carbocycles. The van der Waals surface area contributed by atoms with Gasteiger partial charge >= 0.3 is 0 Å². The van der Waals surface area contributed by atoms with Crippen LogP contribution in [0, 0.1) is 17.8 Å². The van der Waals surface area contributed by atoms with Crippen molar-refractivity contribution in [3.8, 4) is 0 Å². The number of piperidine rings is 2. The molecule has 0 spiro atoms. The van der Waals surface area contributed by atoms with Crippen molar-refractivity contribution in [2.45, 2.75) is 39.0 Å². The molecule has 2 heterocycles. The first kappa shape index (κ1) is 22.2. The second kappa shape index (κ2) is 9.58. The molecule has 2 fully saturated rings. The summed E-state index contributed by atoms with van der Waals surface area (Å²) in [4.78, 5) is 14.9. The lowest BCUT2D eigenvalue weighted by Gasteiger charge is -2.34. The summed E-state index contributed by atoms with van der Waals surface area (Å²) in [6.45, 7) is 5.59. The second-order valence-corrected chi connectivity index (χ2v) is 10.9. The average molecular weight is 422 g/mol. The molecule has 162 valence electrons. The minimum Gasteiger partial charge on any atom is -0.326 e. The van der Waals surface area contributed by atoms with Gasteiger partial charge < -0.3 is 10.2 Å². The van der Waals surface area contributed by atoms with Crippen molar-refractivity contribution >= 4 is 21.6 Å². The highest BCUT2D eigenvalue weighted by Crippen LogP contribution is 2.27. The van der Waals surface area contributed by atoms with Gasteiger partial charge in [-0.3, -0.25) is 4.79 Å². The molecule has 1 amide bonds. The minimum absolute atomic E-state index is 0.00829. The number of amides is 1. The summed E-state index contributed by atoms with van der Waals surface area (Å²) in [7, 11) is -0.956. The van der Waals surface area contributed by atoms with Gasteiger partial charge in [-0.15, -0.1) is 0 Å². The number of hydrogen-bond donors (Lipinski definition) is 1. The highest BCUT2D eigenvalue weighted by atomic mass is 32.2. The van der Waals surface area contributed by atoms with Crippen LogP contribution in [0.25, 0.3) is 0 Å². The van der Waals surface area contributed by atoms with E-state index in [-0.39, 0.29) is 11.8 Å². The number of carbonyl (C=O) groups is 1. The highest BCUT2D eigenvalue weighted by Gasteiger charge is 2.29. The van der Waals surface area contributed by atoms with Crippen molar-refractivity contribution in [1.82, 2.24) is 9.21 Å². The molecular weight excluding hydrogens is 386 g/mol. The quantitative estimate of drug-likeness (QED) is 0.767. The molecule has 0 unspecified atom stereocenters. The maximum absolute atomic E-state index is 12.5. The van der Waals surface area contributed by atoms with E-state index in [1.54, 1.807) is 0 Å². The molecule has 29 heavy (non-hydrogen) atoms. The van der Waals surface area contributed by atoms with E-state index < -0.39 is 10.0 Å². The zero-order valence-corrected chi connectivity index (χ0v) is 18.7. The number of aryl methyl sites for hydroxylation is 1. The van der Waals surface area contributed by atoms with E-state index >= 15 is 0 Å². The Labute approximate surface area is 175 Å². The molecule has 2 atom stereocenters. The monoisotopic (exact) mass is 421 g/mol. The number of likely N-dealkylation sites (tertiary alicyclic amines) is 1. The van der Waals surface area contributed by atoms with E-state index in [0.29, 0.717) is 25.9 Å². The Bertz CT molecular complexity index is 786. The predicted octanol–water partition coefficient (Wildman–Crippen LogP) is 2.82. The van der Waals surface area contributed by atoms with Crippen LogP contribution in [0.3, 0.4) is 0 Å². The number of anilines is 1. The van der Waals surface area contributed by atoms with Crippen LogP contribution in [0.1, 0.15) is 38.2 Å². The zero-order chi connectivity index (χ0) is 21.0. The van der Waals surface area contributed by atoms with Gasteiger partial charge in [0.1, 0.15) is 0 Å². The SMILES string of the molecule is C[C@H]1CN(C)CC[C@@H]1CCc1ccc(NC(=O)C2CCN(S(C)(=O)=O)CC2)cc1. The van der Waals surface area contributed by atoms with E-state index in [4.69, 9.17) is 0 Å². The Balaban J connectivity index is 1.45. The number of hydrogen-bond acceptors (Lipinski definition) is 4. The Morgan fingerprint density at radius 1 is 1.10 bits per heavy atom. The standard InChI is InChI=1S/C22H35N3O3S/c1-17-16-24(2)13-10-19(17)7-4-18-5-8-21(9-6-18)23-22(26)20-11-14-25(15-12-20)29(3,27)28/h5-6,8-9,17,19-20H,4,7,10-16H2,1-3H3,(H,23,26)/t17-,19-/m0/s1. The summed E-state index contributed by atoms with van der Waals surface area (Å²) >= 11 is 0. The van der Waals surface area contributed by atoms with Gasteiger partial charge in [0.25, 0.3) is 0 Å². The fourth-order valence-corrected chi connectivity index (χ4v) is 5.51. The van der Waals surface area contributed by atoms with Crippen LogP contribution in [-0.4, -0.2) is 63.0 Å². The predicted molar refractivity (Wildman–Crippen MR) is 117 cm³/mol. The molecule has 0 bridgehead atoms. The third-order valence-corrected chi connectivity index (χ3v) is 7.91. The molecule has 1 aromatic carbocycles. The highest BCUT2D eigenvalue weighted by molar-refractivity contribution is 7.88. The van der Waals surface area contributed by atoms with Gasteiger partial charge in [-0.25, -0.2) is 12.7 Å². The molecule has 7 heteroatoms. The summed E-state index contributed by atoms with van der Waals surface area (Å²) in [6, 6.07) is 8.19. The summed E-state index contributed by atoms with van der Waals surface area (Å²) in [6.07, 6.45) is 5.96. The first-order chi connectivity index (χ1) is 13.7. The number of rotatable bonds is 6. The topological polar surface area (TPSA) is 69.7 Å². The lowest BCUT2D eigenvalue weighted by atomic mass is 9.83. The van der Waals surface area contributed by atoms with Gasteiger partial charge in [0.2, 0.25) is 15.9 Å². The van der Waals surface area contributed by atoms with Gasteiger partial charge in [0.05, 0.1) is 6.26 Å². The summed E-state index contributed by atoms with van der Waals surface area (Å²) in [5.41, 5.74) is 2.13. The normalized spacial score (nSPS) is 25.1. The van der Waals surface area contributed by atoms with Crippen molar-refractivity contribution in [2.24, 2.45) is 17.8 Å². The van der Waals surface area contributed by atoms with E-state index in [9.17, 15) is 13.2 Å². The molecule has 6 nitrogen and oxygen atoms in total. The molecule has 0 aromatic heterocycles. The zero-order valence-electron chi connectivity index (χ0n) is 17.9. The van der Waals surface area contributed by atoms with Crippen molar-refractivity contribution in [3.63, 3.8) is 0 Å². The van der Waals surface area contributed by atoms with E-state index in [2.05, 4.69) is 36.3 Å². The lowest BCUT2D eigenvalue weighted by molar-refractivity contribution is -0.120. The number of nitrogens with one attached hydrogen (secondary N) is 1. The van der Waals surface area contributed by atoms with Gasteiger partial charge in [-0.05, 0) is 75.2 Å². The summed E-state index contributed by atoms with van der Waals surface area (Å²) in [5, 5.41) is 3.00. The van der Waals surface area contributed by atoms with Crippen molar-refractivity contribution < 1.29 is 13.2 Å². The third-order valence-electron chi connectivity index (χ3n) is 6.61. The molecule has 2 aliphatic heterocycles. The van der Waals surface area contributed by atoms with Crippen LogP contribution in [0.5, 0.6) is 0 Å². The molecule has 1 aromatic rings. The molecular formula is C22H35N3O3S. The van der Waals surface area contributed by atoms with Crippen LogP contribution in [-0.2, 0) is 21.2 Å². The van der Waals surface area contributed by atoms with Crippen LogP contribution in [0.2, 0.25) is 0 Å². The average Bonchev–Trinajstić information content (AvgIpc) is 2.68. The van der Waals surface area contributed by atoms with Gasteiger partial charge in [0, 0.05) is 31.2 Å². The Kier molecular flexibility index (Phi) is 7.35. The van der Waals surface area contributed by atoms with E-state index in [1.165, 1.54) is 42.1 Å². The van der Waals surface area contributed by atoms with Crippen LogP contribution in [0.4, 0.5) is 5.69 Å². The third kappa shape index (κ3) is 6.27. The lowest BCUT2D eigenvalue weighted by Crippen LogP contribution is -2.40. The first-order valence-corrected chi connectivity index (χ1v) is 12.6.